The van der Waals surface area contributed by atoms with Crippen molar-refractivity contribution in [3.63, 3.8) is 0 Å². The molecule has 5 nitrogen and oxygen atoms in total. The van der Waals surface area contributed by atoms with E-state index in [0.717, 1.165) is 38.5 Å². The molecular weight excluding hydrogens is 266 g/mol. The molecule has 112 valence electrons. The molecule has 1 saturated carbocycles. The molecule has 0 bridgehead atoms. The molecule has 0 unspecified atom stereocenters. The highest BCUT2D eigenvalue weighted by Crippen LogP contribution is 2.26. The Morgan fingerprint density at radius 3 is 2.43 bits per heavy atom. The summed E-state index contributed by atoms with van der Waals surface area (Å²) in [4.78, 5) is 12.0. The van der Waals surface area contributed by atoms with Crippen LogP contribution >= 0.6 is 0 Å². The highest BCUT2D eigenvalue weighted by atomic mass is 16.5. The Balaban J connectivity index is 1.88. The molecule has 0 aromatic heterocycles. The number of rotatable bonds is 4. The molecule has 1 fully saturated rings. The van der Waals surface area contributed by atoms with Crippen LogP contribution in [0.4, 0.5) is 5.69 Å². The van der Waals surface area contributed by atoms with E-state index in [2.05, 4.69) is 11.4 Å². The van der Waals surface area contributed by atoms with Gasteiger partial charge in [-0.1, -0.05) is 25.7 Å². The molecule has 0 heterocycles. The van der Waals surface area contributed by atoms with Crippen molar-refractivity contribution in [1.29, 1.82) is 5.26 Å². The lowest BCUT2D eigenvalue weighted by atomic mass is 9.92. The second-order valence-electron chi connectivity index (χ2n) is 5.51. The summed E-state index contributed by atoms with van der Waals surface area (Å²) in [6, 6.07) is 9.16. The largest absolute Gasteiger partial charge is 0.484 e. The van der Waals surface area contributed by atoms with Gasteiger partial charge in [-0.15, -0.1) is 0 Å². The quantitative estimate of drug-likeness (QED) is 0.657. The lowest BCUT2D eigenvalue weighted by molar-refractivity contribution is -0.124. The van der Waals surface area contributed by atoms with Gasteiger partial charge in [-0.2, -0.15) is 5.26 Å². The first-order valence-electron chi connectivity index (χ1n) is 7.34. The number of benzene rings is 1. The minimum atomic E-state index is -0.724. The van der Waals surface area contributed by atoms with Gasteiger partial charge in [0.15, 0.2) is 6.61 Å². The van der Waals surface area contributed by atoms with Gasteiger partial charge < -0.3 is 15.8 Å². The van der Waals surface area contributed by atoms with Gasteiger partial charge in [0.25, 0.3) is 5.91 Å². The van der Waals surface area contributed by atoms with Crippen LogP contribution in [0.25, 0.3) is 0 Å². The third-order valence-electron chi connectivity index (χ3n) is 3.80. The van der Waals surface area contributed by atoms with Crippen LogP contribution in [-0.2, 0) is 4.79 Å². The molecule has 0 aliphatic heterocycles. The lowest BCUT2D eigenvalue weighted by Gasteiger charge is -2.26. The molecule has 0 saturated heterocycles. The summed E-state index contributed by atoms with van der Waals surface area (Å²) in [7, 11) is 0. The predicted octanol–water partition coefficient (Wildman–Crippen LogP) is 2.38. The predicted molar refractivity (Wildman–Crippen MR) is 80.5 cm³/mol. The smallest absolute Gasteiger partial charge is 0.259 e. The van der Waals surface area contributed by atoms with Gasteiger partial charge in [0.2, 0.25) is 0 Å². The summed E-state index contributed by atoms with van der Waals surface area (Å²) in [6.07, 6.45) is 5.65. The second-order valence-corrected chi connectivity index (χ2v) is 5.51. The number of anilines is 1. The normalized spacial score (nSPS) is 17.3. The molecule has 21 heavy (non-hydrogen) atoms. The molecule has 0 atom stereocenters. The van der Waals surface area contributed by atoms with Gasteiger partial charge in [0.1, 0.15) is 11.3 Å². The van der Waals surface area contributed by atoms with E-state index in [4.69, 9.17) is 10.5 Å². The number of carbonyl (C=O) groups is 1. The monoisotopic (exact) mass is 287 g/mol. The summed E-state index contributed by atoms with van der Waals surface area (Å²) in [5.41, 5.74) is 5.51. The van der Waals surface area contributed by atoms with Crippen LogP contribution in [0.1, 0.15) is 38.5 Å². The van der Waals surface area contributed by atoms with Gasteiger partial charge in [-0.05, 0) is 37.1 Å². The van der Waals surface area contributed by atoms with Crippen LogP contribution in [0, 0.1) is 11.3 Å². The summed E-state index contributed by atoms with van der Waals surface area (Å²) in [6.45, 7) is -0.0899. The Bertz CT molecular complexity index is 511. The van der Waals surface area contributed by atoms with Crippen molar-refractivity contribution < 1.29 is 9.53 Å². The minimum Gasteiger partial charge on any atom is -0.484 e. The van der Waals surface area contributed by atoms with Crippen molar-refractivity contribution in [2.75, 3.05) is 12.3 Å². The van der Waals surface area contributed by atoms with Gasteiger partial charge in [-0.25, -0.2) is 0 Å². The van der Waals surface area contributed by atoms with Crippen molar-refractivity contribution in [1.82, 2.24) is 5.32 Å². The van der Waals surface area contributed by atoms with Crippen molar-refractivity contribution in [3.05, 3.63) is 24.3 Å². The zero-order valence-electron chi connectivity index (χ0n) is 12.1. The third kappa shape index (κ3) is 4.38. The van der Waals surface area contributed by atoms with Gasteiger partial charge in [-0.3, -0.25) is 4.79 Å². The molecule has 3 N–H and O–H groups in total. The van der Waals surface area contributed by atoms with Gasteiger partial charge >= 0.3 is 0 Å². The maximum Gasteiger partial charge on any atom is 0.259 e. The summed E-state index contributed by atoms with van der Waals surface area (Å²) in [5, 5.41) is 12.3. The van der Waals surface area contributed by atoms with Gasteiger partial charge in [0, 0.05) is 5.69 Å². The van der Waals surface area contributed by atoms with E-state index < -0.39 is 5.54 Å². The minimum absolute atomic E-state index is 0.0899. The van der Waals surface area contributed by atoms with Crippen LogP contribution in [0.5, 0.6) is 5.75 Å². The fraction of sp³-hybridized carbons (Fsp3) is 0.500. The molecule has 1 aromatic carbocycles. The van der Waals surface area contributed by atoms with Crippen LogP contribution < -0.4 is 15.8 Å². The fourth-order valence-corrected chi connectivity index (χ4v) is 2.61. The number of hydrogen-bond donors (Lipinski definition) is 2. The van der Waals surface area contributed by atoms with Crippen LogP contribution in [0.15, 0.2) is 24.3 Å². The van der Waals surface area contributed by atoms with Crippen molar-refractivity contribution in [2.45, 2.75) is 44.1 Å². The number of nitriles is 1. The van der Waals surface area contributed by atoms with Crippen molar-refractivity contribution in [2.24, 2.45) is 0 Å². The first-order valence-corrected chi connectivity index (χ1v) is 7.34. The average Bonchev–Trinajstić information content (AvgIpc) is 2.73. The Kier molecular flexibility index (Phi) is 5.04. The molecule has 1 aliphatic carbocycles. The van der Waals surface area contributed by atoms with Crippen LogP contribution in [0.3, 0.4) is 0 Å². The summed E-state index contributed by atoms with van der Waals surface area (Å²) >= 11 is 0. The molecule has 5 heteroatoms. The number of amides is 1. The maximum absolute atomic E-state index is 12.0. The number of carbonyl (C=O) groups excluding carboxylic acids is 1. The summed E-state index contributed by atoms with van der Waals surface area (Å²) < 4.78 is 5.41. The highest BCUT2D eigenvalue weighted by molar-refractivity contribution is 5.78. The number of nitrogens with zero attached hydrogens (tertiary/aromatic N) is 1. The molecule has 2 rings (SSSR count). The lowest BCUT2D eigenvalue weighted by Crippen LogP contribution is -2.48. The number of ether oxygens (including phenoxy) is 1. The standard InChI is InChI=1S/C16H21N3O2/c17-12-16(9-3-1-2-4-10-16)19-15(20)11-21-14-7-5-13(18)6-8-14/h5-8H,1-4,9-11,18H2,(H,19,20). The Hall–Kier alpha value is -2.22. The zero-order valence-corrected chi connectivity index (χ0v) is 12.1. The molecular formula is C16H21N3O2. The van der Waals surface area contributed by atoms with Gasteiger partial charge in [0.05, 0.1) is 6.07 Å². The van der Waals surface area contributed by atoms with Crippen LogP contribution in [-0.4, -0.2) is 18.1 Å². The van der Waals surface area contributed by atoms with E-state index in [1.54, 1.807) is 24.3 Å². The molecule has 0 spiro atoms. The van der Waals surface area contributed by atoms with E-state index >= 15 is 0 Å². The fourth-order valence-electron chi connectivity index (χ4n) is 2.61. The van der Waals surface area contributed by atoms with E-state index in [-0.39, 0.29) is 12.5 Å². The Morgan fingerprint density at radius 1 is 1.24 bits per heavy atom. The first kappa shape index (κ1) is 15.2. The van der Waals surface area contributed by atoms with E-state index in [1.807, 2.05) is 0 Å². The Labute approximate surface area is 125 Å². The third-order valence-corrected chi connectivity index (χ3v) is 3.80. The molecule has 0 radical (unpaired) electrons. The SMILES string of the molecule is N#CC1(NC(=O)COc2ccc(N)cc2)CCCCCC1. The number of nitrogen functional groups attached to an aromatic ring is 1. The average molecular weight is 287 g/mol. The zero-order chi connectivity index (χ0) is 15.1. The Morgan fingerprint density at radius 2 is 1.86 bits per heavy atom. The topological polar surface area (TPSA) is 88.1 Å². The van der Waals surface area contributed by atoms with Crippen molar-refractivity contribution in [3.8, 4) is 11.8 Å². The molecule has 1 amide bonds. The molecule has 1 aliphatic rings. The van der Waals surface area contributed by atoms with E-state index in [0.29, 0.717) is 11.4 Å². The number of nitrogens with one attached hydrogen (secondary N) is 1. The van der Waals surface area contributed by atoms with E-state index in [1.165, 1.54) is 0 Å². The first-order chi connectivity index (χ1) is 10.1. The second kappa shape index (κ2) is 6.98. The number of nitrogens with two attached hydrogens (primary N) is 1. The van der Waals surface area contributed by atoms with Crippen molar-refractivity contribution >= 4 is 11.6 Å². The number of hydrogen-bond acceptors (Lipinski definition) is 4. The van der Waals surface area contributed by atoms with Crippen LogP contribution in [0.2, 0.25) is 0 Å². The highest BCUT2D eigenvalue weighted by Gasteiger charge is 2.32. The maximum atomic E-state index is 12.0. The van der Waals surface area contributed by atoms with E-state index in [9.17, 15) is 10.1 Å². The summed E-state index contributed by atoms with van der Waals surface area (Å²) in [5.74, 6) is 0.335. The molecule has 1 aromatic rings.